The molecular weight excluding hydrogens is 407 g/mol. The Bertz CT molecular complexity index is 1090. The highest BCUT2D eigenvalue weighted by Gasteiger charge is 2.28. The number of nitrogens with one attached hydrogen (secondary N) is 3. The Morgan fingerprint density at radius 3 is 2.81 bits per heavy atom. The van der Waals surface area contributed by atoms with E-state index in [0.29, 0.717) is 13.1 Å². The molecule has 7 heteroatoms. The fourth-order valence-corrected chi connectivity index (χ4v) is 4.11. The molecule has 0 radical (unpaired) electrons. The molecule has 1 aromatic heterocycles. The van der Waals surface area contributed by atoms with Gasteiger partial charge in [-0.05, 0) is 46.9 Å². The van der Waals surface area contributed by atoms with E-state index < -0.39 is 5.97 Å². The number of aliphatic carboxylic acids is 1. The second-order valence-corrected chi connectivity index (χ2v) is 8.19. The van der Waals surface area contributed by atoms with Gasteiger partial charge >= 0.3 is 5.97 Å². The zero-order valence-corrected chi connectivity index (χ0v) is 17.9. The molecule has 0 saturated carbocycles. The second-order valence-electron chi connectivity index (χ2n) is 8.19. The molecule has 0 saturated heterocycles. The smallest absolute Gasteiger partial charge is 0.307 e. The summed E-state index contributed by atoms with van der Waals surface area (Å²) >= 11 is 0. The summed E-state index contributed by atoms with van der Waals surface area (Å²) in [4.78, 5) is 15.5. The number of hydrogen-bond acceptors (Lipinski definition) is 5. The topological polar surface area (TPSA) is 86.3 Å². The maximum Gasteiger partial charge on any atom is 0.307 e. The lowest BCUT2D eigenvalue weighted by Crippen LogP contribution is -2.45. The minimum Gasteiger partial charge on any atom is -0.481 e. The normalized spacial score (nSPS) is 16.9. The number of fused-ring (bicyclic) bond motifs is 1. The first kappa shape index (κ1) is 21.8. The SMILES string of the molecule is CC(CN[C@@H](c1cccc(F)c1)[C@H]1CNc2cccnc2N1)c1cccc(CC(=O)O)c1. The minimum atomic E-state index is -0.844. The lowest BCUT2D eigenvalue weighted by Gasteiger charge is -2.35. The molecule has 4 N–H and O–H groups in total. The molecule has 1 aliphatic heterocycles. The Labute approximate surface area is 186 Å². The lowest BCUT2D eigenvalue weighted by molar-refractivity contribution is -0.136. The first-order valence-electron chi connectivity index (χ1n) is 10.7. The van der Waals surface area contributed by atoms with Crippen molar-refractivity contribution in [1.82, 2.24) is 10.3 Å². The predicted octanol–water partition coefficient (Wildman–Crippen LogP) is 4.19. The third kappa shape index (κ3) is 5.23. The van der Waals surface area contributed by atoms with Crippen LogP contribution in [-0.4, -0.2) is 35.2 Å². The number of halogens is 1. The van der Waals surface area contributed by atoms with Crippen LogP contribution in [0, 0.1) is 5.82 Å². The molecule has 32 heavy (non-hydrogen) atoms. The average molecular weight is 435 g/mol. The number of nitrogens with zero attached hydrogens (tertiary/aromatic N) is 1. The zero-order chi connectivity index (χ0) is 22.5. The van der Waals surface area contributed by atoms with Crippen molar-refractivity contribution in [2.75, 3.05) is 23.7 Å². The molecule has 3 aromatic rings. The van der Waals surface area contributed by atoms with E-state index in [0.717, 1.165) is 28.2 Å². The van der Waals surface area contributed by atoms with E-state index in [2.05, 4.69) is 27.9 Å². The summed E-state index contributed by atoms with van der Waals surface area (Å²) in [5, 5.41) is 19.6. The van der Waals surface area contributed by atoms with Gasteiger partial charge in [-0.1, -0.05) is 43.3 Å². The van der Waals surface area contributed by atoms with E-state index in [4.69, 9.17) is 5.11 Å². The number of carbonyl (C=O) groups is 1. The van der Waals surface area contributed by atoms with Gasteiger partial charge in [-0.15, -0.1) is 0 Å². The fourth-order valence-electron chi connectivity index (χ4n) is 4.11. The Morgan fingerprint density at radius 2 is 2.00 bits per heavy atom. The maximum absolute atomic E-state index is 14.0. The summed E-state index contributed by atoms with van der Waals surface area (Å²) in [6.07, 6.45) is 1.75. The van der Waals surface area contributed by atoms with Crippen LogP contribution >= 0.6 is 0 Å². The van der Waals surface area contributed by atoms with Crippen LogP contribution in [0.1, 0.15) is 35.6 Å². The summed E-state index contributed by atoms with van der Waals surface area (Å²) < 4.78 is 14.0. The van der Waals surface area contributed by atoms with Crippen LogP contribution in [0.4, 0.5) is 15.9 Å². The van der Waals surface area contributed by atoms with Crippen LogP contribution in [0.5, 0.6) is 0 Å². The van der Waals surface area contributed by atoms with Crippen molar-refractivity contribution in [3.05, 3.63) is 89.4 Å². The number of aromatic nitrogens is 1. The number of carboxylic acids is 1. The molecule has 0 amide bonds. The van der Waals surface area contributed by atoms with Crippen LogP contribution in [0.25, 0.3) is 0 Å². The number of rotatable bonds is 8. The summed E-state index contributed by atoms with van der Waals surface area (Å²) in [7, 11) is 0. The van der Waals surface area contributed by atoms with Gasteiger partial charge in [0.15, 0.2) is 0 Å². The standard InChI is InChI=1S/C25H27FN4O2/c1-16(18-6-2-5-17(11-18)12-23(31)32)14-29-24(19-7-3-8-20(26)13-19)22-15-28-21-9-4-10-27-25(21)30-22/h2-11,13,16,22,24,28-29H,12,14-15H2,1H3,(H,27,30)(H,31,32)/t16?,22-,24+/m1/s1. The van der Waals surface area contributed by atoms with Gasteiger partial charge in [0, 0.05) is 19.3 Å². The molecule has 6 nitrogen and oxygen atoms in total. The number of hydrogen-bond donors (Lipinski definition) is 4. The molecule has 0 aliphatic carbocycles. The Kier molecular flexibility index (Phi) is 6.66. The largest absolute Gasteiger partial charge is 0.481 e. The van der Waals surface area contributed by atoms with Crippen LogP contribution in [0.2, 0.25) is 0 Å². The van der Waals surface area contributed by atoms with E-state index >= 15 is 0 Å². The third-order valence-electron chi connectivity index (χ3n) is 5.77. The third-order valence-corrected chi connectivity index (χ3v) is 5.77. The van der Waals surface area contributed by atoms with Crippen molar-refractivity contribution >= 4 is 17.5 Å². The van der Waals surface area contributed by atoms with E-state index in [1.807, 2.05) is 42.5 Å². The van der Waals surface area contributed by atoms with Gasteiger partial charge in [-0.25, -0.2) is 9.37 Å². The summed E-state index contributed by atoms with van der Waals surface area (Å²) in [5.41, 5.74) is 3.65. The summed E-state index contributed by atoms with van der Waals surface area (Å²) in [6, 6.07) is 18.0. The molecule has 0 bridgehead atoms. The molecule has 166 valence electrons. The van der Waals surface area contributed by atoms with Crippen molar-refractivity contribution in [2.45, 2.75) is 31.3 Å². The van der Waals surface area contributed by atoms with E-state index in [1.54, 1.807) is 18.3 Å². The Balaban J connectivity index is 1.52. The van der Waals surface area contributed by atoms with Crippen molar-refractivity contribution in [1.29, 1.82) is 0 Å². The van der Waals surface area contributed by atoms with Crippen molar-refractivity contribution in [3.63, 3.8) is 0 Å². The highest BCUT2D eigenvalue weighted by molar-refractivity contribution is 5.70. The second kappa shape index (κ2) is 9.78. The van der Waals surface area contributed by atoms with Crippen LogP contribution in [-0.2, 0) is 11.2 Å². The zero-order valence-electron chi connectivity index (χ0n) is 17.9. The van der Waals surface area contributed by atoms with Gasteiger partial charge in [0.2, 0.25) is 0 Å². The quantitative estimate of drug-likeness (QED) is 0.425. The summed E-state index contributed by atoms with van der Waals surface area (Å²) in [6.45, 7) is 3.40. The molecule has 2 aromatic carbocycles. The Morgan fingerprint density at radius 1 is 1.19 bits per heavy atom. The minimum absolute atomic E-state index is 0.00395. The fraction of sp³-hybridized carbons (Fsp3) is 0.280. The van der Waals surface area contributed by atoms with Gasteiger partial charge in [0.25, 0.3) is 0 Å². The lowest BCUT2D eigenvalue weighted by atomic mass is 9.94. The molecule has 1 unspecified atom stereocenters. The number of benzene rings is 2. The maximum atomic E-state index is 14.0. The van der Waals surface area contributed by atoms with Gasteiger partial charge in [-0.3, -0.25) is 4.79 Å². The molecule has 0 fully saturated rings. The highest BCUT2D eigenvalue weighted by Crippen LogP contribution is 2.29. The Hall–Kier alpha value is -3.45. The predicted molar refractivity (Wildman–Crippen MR) is 123 cm³/mol. The highest BCUT2D eigenvalue weighted by atomic mass is 19.1. The molecule has 2 heterocycles. The first-order chi connectivity index (χ1) is 15.5. The van der Waals surface area contributed by atoms with Gasteiger partial charge in [0.1, 0.15) is 11.6 Å². The molecule has 1 aliphatic rings. The average Bonchev–Trinajstić information content (AvgIpc) is 2.79. The molecule has 4 rings (SSSR count). The molecule has 0 spiro atoms. The van der Waals surface area contributed by atoms with Crippen LogP contribution in [0.3, 0.4) is 0 Å². The van der Waals surface area contributed by atoms with Crippen molar-refractivity contribution in [3.8, 4) is 0 Å². The first-order valence-corrected chi connectivity index (χ1v) is 10.7. The molecular formula is C25H27FN4O2. The van der Waals surface area contributed by atoms with E-state index in [1.165, 1.54) is 6.07 Å². The number of pyridine rings is 1. The van der Waals surface area contributed by atoms with Gasteiger partial charge in [0.05, 0.1) is 24.2 Å². The molecule has 3 atom stereocenters. The van der Waals surface area contributed by atoms with E-state index in [9.17, 15) is 9.18 Å². The van der Waals surface area contributed by atoms with Gasteiger partial charge < -0.3 is 21.1 Å². The van der Waals surface area contributed by atoms with Crippen LogP contribution < -0.4 is 16.0 Å². The number of carboxylic acid groups (broad SMARTS) is 1. The van der Waals surface area contributed by atoms with Crippen molar-refractivity contribution < 1.29 is 14.3 Å². The monoisotopic (exact) mass is 434 g/mol. The number of anilines is 2. The van der Waals surface area contributed by atoms with Gasteiger partial charge in [-0.2, -0.15) is 0 Å². The van der Waals surface area contributed by atoms with Crippen LogP contribution in [0.15, 0.2) is 66.9 Å². The summed E-state index contributed by atoms with van der Waals surface area (Å²) in [5.74, 6) is -0.196. The van der Waals surface area contributed by atoms with Crippen molar-refractivity contribution in [2.24, 2.45) is 0 Å². The van der Waals surface area contributed by atoms with E-state index in [-0.39, 0.29) is 30.2 Å².